The Hall–Kier alpha value is -1.74. The number of benzene rings is 1. The summed E-state index contributed by atoms with van der Waals surface area (Å²) >= 11 is 7.30. The van der Waals surface area contributed by atoms with Crippen LogP contribution in [-0.4, -0.2) is 25.1 Å². The fourth-order valence-electron chi connectivity index (χ4n) is 2.03. The topological polar surface area (TPSA) is 85.1 Å². The Morgan fingerprint density at radius 3 is 2.71 bits per heavy atom. The van der Waals surface area contributed by atoms with E-state index in [1.807, 2.05) is 17.5 Å². The van der Waals surface area contributed by atoms with Crippen LogP contribution >= 0.6 is 22.9 Å². The van der Waals surface area contributed by atoms with Crippen molar-refractivity contribution < 1.29 is 12.9 Å². The molecule has 6 nitrogen and oxygen atoms in total. The van der Waals surface area contributed by atoms with Crippen LogP contribution in [0.2, 0.25) is 5.02 Å². The lowest BCUT2D eigenvalue weighted by Crippen LogP contribution is -2.27. The number of nitrogens with zero attached hydrogens (tertiary/aromatic N) is 2. The molecule has 0 aliphatic rings. The average Bonchev–Trinajstić information content (AvgIpc) is 3.20. The van der Waals surface area contributed by atoms with Gasteiger partial charge in [0, 0.05) is 18.0 Å². The normalized spacial score (nSPS) is 11.7. The second-order valence-corrected chi connectivity index (χ2v) is 8.21. The van der Waals surface area contributed by atoms with Gasteiger partial charge in [-0.2, -0.15) is 4.98 Å². The predicted octanol–water partition coefficient (Wildman–Crippen LogP) is 3.11. The maximum Gasteiger partial charge on any atom is 0.228 e. The fourth-order valence-corrected chi connectivity index (χ4v) is 3.95. The van der Waals surface area contributed by atoms with Gasteiger partial charge >= 0.3 is 0 Å². The van der Waals surface area contributed by atoms with Crippen LogP contribution in [0.15, 0.2) is 46.3 Å². The lowest BCUT2D eigenvalue weighted by Gasteiger charge is -2.05. The highest BCUT2D eigenvalue weighted by Gasteiger charge is 2.13. The largest absolute Gasteiger partial charge is 0.339 e. The van der Waals surface area contributed by atoms with Crippen molar-refractivity contribution in [1.82, 2.24) is 14.9 Å². The summed E-state index contributed by atoms with van der Waals surface area (Å²) in [4.78, 5) is 5.16. The van der Waals surface area contributed by atoms with Crippen LogP contribution in [0.5, 0.6) is 0 Å². The van der Waals surface area contributed by atoms with Crippen LogP contribution in [0.4, 0.5) is 0 Å². The second kappa shape index (κ2) is 7.43. The molecule has 3 aromatic rings. The molecule has 0 spiro atoms. The molecule has 0 aliphatic carbocycles. The molecule has 1 N–H and O–H groups in total. The summed E-state index contributed by atoms with van der Waals surface area (Å²) in [5.41, 5.74) is 0.671. The molecule has 0 amide bonds. The van der Waals surface area contributed by atoms with E-state index in [4.69, 9.17) is 16.1 Å². The predicted molar refractivity (Wildman–Crippen MR) is 93.4 cm³/mol. The van der Waals surface area contributed by atoms with Gasteiger partial charge in [0.15, 0.2) is 0 Å². The Kier molecular flexibility index (Phi) is 5.30. The molecule has 0 unspecified atom stereocenters. The smallest absolute Gasteiger partial charge is 0.228 e. The molecule has 0 bridgehead atoms. The zero-order valence-corrected chi connectivity index (χ0v) is 14.9. The first-order chi connectivity index (χ1) is 11.5. The average molecular weight is 384 g/mol. The minimum absolute atomic E-state index is 0.103. The van der Waals surface area contributed by atoms with Crippen LogP contribution in [0.25, 0.3) is 10.7 Å². The summed E-state index contributed by atoms with van der Waals surface area (Å²) in [6.07, 6.45) is 0.332. The van der Waals surface area contributed by atoms with Crippen molar-refractivity contribution in [3.05, 3.63) is 58.3 Å². The molecule has 0 radical (unpaired) electrons. The number of halogens is 1. The number of nitrogens with one attached hydrogen (secondary N) is 1. The lowest BCUT2D eigenvalue weighted by atomic mass is 10.2. The van der Waals surface area contributed by atoms with Crippen molar-refractivity contribution >= 4 is 33.0 Å². The highest BCUT2D eigenvalue weighted by Crippen LogP contribution is 2.21. The van der Waals surface area contributed by atoms with Crippen molar-refractivity contribution in [1.29, 1.82) is 0 Å². The maximum absolute atomic E-state index is 12.1. The van der Waals surface area contributed by atoms with Crippen LogP contribution in [0.3, 0.4) is 0 Å². The monoisotopic (exact) mass is 383 g/mol. The van der Waals surface area contributed by atoms with Gasteiger partial charge in [-0.25, -0.2) is 13.1 Å². The summed E-state index contributed by atoms with van der Waals surface area (Å²) in [6.45, 7) is 0.196. The molecule has 0 saturated carbocycles. The summed E-state index contributed by atoms with van der Waals surface area (Å²) in [7, 11) is -3.43. The fraction of sp³-hybridized carbons (Fsp3) is 0.200. The van der Waals surface area contributed by atoms with Crippen molar-refractivity contribution in [2.45, 2.75) is 12.2 Å². The first kappa shape index (κ1) is 17.1. The van der Waals surface area contributed by atoms with Gasteiger partial charge in [-0.3, -0.25) is 0 Å². The third kappa shape index (κ3) is 4.64. The van der Waals surface area contributed by atoms with Crippen molar-refractivity contribution in [3.8, 4) is 10.7 Å². The van der Waals surface area contributed by atoms with Gasteiger partial charge in [-0.1, -0.05) is 35.0 Å². The van der Waals surface area contributed by atoms with E-state index < -0.39 is 10.0 Å². The number of thiophene rings is 1. The molecule has 0 aliphatic heterocycles. The number of hydrogen-bond acceptors (Lipinski definition) is 6. The summed E-state index contributed by atoms with van der Waals surface area (Å²) in [5.74, 6) is 0.811. The van der Waals surface area contributed by atoms with Gasteiger partial charge in [0.1, 0.15) is 0 Å². The first-order valence-corrected chi connectivity index (χ1v) is 10.0. The summed E-state index contributed by atoms with van der Waals surface area (Å²) in [6, 6.07) is 10.5. The number of sulfonamides is 1. The molecule has 0 fully saturated rings. The Morgan fingerprint density at radius 1 is 1.21 bits per heavy atom. The van der Waals surface area contributed by atoms with Gasteiger partial charge in [0.25, 0.3) is 0 Å². The van der Waals surface area contributed by atoms with Gasteiger partial charge in [-0.05, 0) is 29.1 Å². The molecular formula is C15H14ClN3O3S2. The maximum atomic E-state index is 12.1. The van der Waals surface area contributed by atoms with E-state index in [9.17, 15) is 8.42 Å². The van der Waals surface area contributed by atoms with Crippen molar-refractivity contribution in [2.75, 3.05) is 6.54 Å². The zero-order chi connectivity index (χ0) is 17.0. The quantitative estimate of drug-likeness (QED) is 0.677. The molecular weight excluding hydrogens is 370 g/mol. The first-order valence-electron chi connectivity index (χ1n) is 7.10. The van der Waals surface area contributed by atoms with Crippen molar-refractivity contribution in [3.63, 3.8) is 0 Å². The van der Waals surface area contributed by atoms with Crippen molar-refractivity contribution in [2.24, 2.45) is 0 Å². The number of rotatable bonds is 7. The van der Waals surface area contributed by atoms with Gasteiger partial charge in [0.2, 0.25) is 21.7 Å². The SMILES string of the molecule is O=S(=O)(Cc1ccc(Cl)cc1)NCCc1nc(-c2cccs2)no1. The lowest BCUT2D eigenvalue weighted by molar-refractivity contribution is 0.379. The van der Waals surface area contributed by atoms with Crippen LogP contribution < -0.4 is 4.72 Å². The van der Waals surface area contributed by atoms with E-state index in [1.54, 1.807) is 24.3 Å². The molecule has 2 aromatic heterocycles. The standard InChI is InChI=1S/C15H14ClN3O3S2/c16-12-5-3-11(4-6-12)10-24(20,21)17-8-7-14-18-15(19-22-14)13-2-1-9-23-13/h1-6,9,17H,7-8,10H2. The highest BCUT2D eigenvalue weighted by atomic mass is 35.5. The van der Waals surface area contributed by atoms with E-state index in [-0.39, 0.29) is 12.3 Å². The Balaban J connectivity index is 1.53. The van der Waals surface area contributed by atoms with E-state index in [0.29, 0.717) is 28.7 Å². The van der Waals surface area contributed by atoms with E-state index in [2.05, 4.69) is 14.9 Å². The number of hydrogen-bond donors (Lipinski definition) is 1. The van der Waals surface area contributed by atoms with Gasteiger partial charge in [-0.15, -0.1) is 11.3 Å². The third-order valence-electron chi connectivity index (χ3n) is 3.14. The van der Waals surface area contributed by atoms with Gasteiger partial charge in [0.05, 0.1) is 10.6 Å². The molecule has 24 heavy (non-hydrogen) atoms. The van der Waals surface area contributed by atoms with E-state index in [0.717, 1.165) is 4.88 Å². The summed E-state index contributed by atoms with van der Waals surface area (Å²) < 4.78 is 31.8. The molecule has 9 heteroatoms. The Labute approximate surface area is 148 Å². The van der Waals surface area contributed by atoms with Crippen LogP contribution in [-0.2, 0) is 22.2 Å². The van der Waals surface area contributed by atoms with Gasteiger partial charge < -0.3 is 4.52 Å². The third-order valence-corrected chi connectivity index (χ3v) is 5.62. The molecule has 1 aromatic carbocycles. The summed E-state index contributed by atoms with van der Waals surface area (Å²) in [5, 5.41) is 6.38. The van der Waals surface area contributed by atoms with Crippen LogP contribution in [0.1, 0.15) is 11.5 Å². The number of aromatic nitrogens is 2. The van der Waals surface area contributed by atoms with E-state index >= 15 is 0 Å². The Morgan fingerprint density at radius 2 is 2.00 bits per heavy atom. The van der Waals surface area contributed by atoms with E-state index in [1.165, 1.54) is 11.3 Å². The minimum atomic E-state index is -3.43. The molecule has 126 valence electrons. The second-order valence-electron chi connectivity index (χ2n) is 5.02. The minimum Gasteiger partial charge on any atom is -0.339 e. The molecule has 3 rings (SSSR count). The highest BCUT2D eigenvalue weighted by molar-refractivity contribution is 7.88. The molecule has 0 saturated heterocycles. The Bertz CT molecular complexity index is 890. The zero-order valence-electron chi connectivity index (χ0n) is 12.5. The molecule has 0 atom stereocenters. The van der Waals surface area contributed by atoms with Crippen LogP contribution in [0, 0.1) is 0 Å². The molecule has 2 heterocycles.